The molecule has 0 aromatic carbocycles. The summed E-state index contributed by atoms with van der Waals surface area (Å²) < 4.78 is 32.5. The molecule has 11 heteroatoms. The number of esters is 2. The molecule has 0 aliphatic heterocycles. The molecule has 0 aromatic rings. The normalized spacial score (nSPS) is 14.5. The van der Waals surface area contributed by atoms with Crippen molar-refractivity contribution in [1.29, 1.82) is 0 Å². The number of aliphatic hydroxyl groups is 2. The molecule has 0 saturated heterocycles. The first-order valence-electron chi connectivity index (χ1n) is 18.4. The molecular weight excluding hydrogens is 635 g/mol. The van der Waals surface area contributed by atoms with Gasteiger partial charge >= 0.3 is 19.8 Å². The summed E-state index contributed by atoms with van der Waals surface area (Å²) in [7, 11) is -4.61. The van der Waals surface area contributed by atoms with E-state index in [9.17, 15) is 24.2 Å². The average Bonchev–Trinajstić information content (AvgIpc) is 3.07. The third kappa shape index (κ3) is 32.7. The van der Waals surface area contributed by atoms with Gasteiger partial charge < -0.3 is 24.6 Å². The quantitative estimate of drug-likeness (QED) is 0.0257. The van der Waals surface area contributed by atoms with Gasteiger partial charge in [-0.2, -0.15) is 0 Å². The van der Waals surface area contributed by atoms with Gasteiger partial charge in [-0.05, 0) is 51.4 Å². The molecule has 3 N–H and O–H groups in total. The smallest absolute Gasteiger partial charge is 0.462 e. The molecule has 0 bridgehead atoms. The lowest BCUT2D eigenvalue weighted by atomic mass is 10.1. The molecule has 3 atom stereocenters. The highest BCUT2D eigenvalue weighted by atomic mass is 31.2. The Hall–Kier alpha value is -1.81. The molecular formula is C37H67O10P. The molecule has 0 aliphatic carbocycles. The van der Waals surface area contributed by atoms with Crippen LogP contribution in [0.5, 0.6) is 0 Å². The number of phosphoric ester groups is 1. The third-order valence-corrected chi connectivity index (χ3v) is 8.50. The maximum absolute atomic E-state index is 12.5. The fourth-order valence-corrected chi connectivity index (χ4v) is 5.43. The Kier molecular flexibility index (Phi) is 32.4. The average molecular weight is 703 g/mol. The molecule has 0 radical (unpaired) electrons. The van der Waals surface area contributed by atoms with Crippen LogP contribution >= 0.6 is 7.82 Å². The van der Waals surface area contributed by atoms with Gasteiger partial charge in [0.15, 0.2) is 6.10 Å². The molecule has 280 valence electrons. The summed E-state index contributed by atoms with van der Waals surface area (Å²) in [6.45, 7) is 2.26. The minimum Gasteiger partial charge on any atom is -0.462 e. The Balaban J connectivity index is 4.45. The molecule has 0 spiro atoms. The molecule has 48 heavy (non-hydrogen) atoms. The van der Waals surface area contributed by atoms with Gasteiger partial charge in [-0.1, -0.05) is 121 Å². The number of ether oxygens (including phenoxy) is 2. The summed E-state index contributed by atoms with van der Waals surface area (Å²) in [6.07, 6.45) is 31.2. The number of carbonyl (C=O) groups is 2. The zero-order valence-corrected chi connectivity index (χ0v) is 30.8. The number of aliphatic hydroxyl groups excluding tert-OH is 2. The number of hydrogen-bond donors (Lipinski definition) is 3. The zero-order chi connectivity index (χ0) is 35.6. The van der Waals surface area contributed by atoms with Crippen molar-refractivity contribution in [3.05, 3.63) is 36.5 Å². The highest BCUT2D eigenvalue weighted by Gasteiger charge is 2.27. The maximum Gasteiger partial charge on any atom is 0.472 e. The fourth-order valence-electron chi connectivity index (χ4n) is 4.64. The summed E-state index contributed by atoms with van der Waals surface area (Å²) in [5, 5.41) is 18.2. The van der Waals surface area contributed by atoms with Crippen molar-refractivity contribution >= 4 is 19.8 Å². The van der Waals surface area contributed by atoms with Crippen molar-refractivity contribution in [3.63, 3.8) is 0 Å². The first-order chi connectivity index (χ1) is 23.2. The van der Waals surface area contributed by atoms with Crippen molar-refractivity contribution in [2.24, 2.45) is 0 Å². The number of unbranched alkanes of at least 4 members (excludes halogenated alkanes) is 14. The monoisotopic (exact) mass is 702 g/mol. The van der Waals surface area contributed by atoms with Crippen molar-refractivity contribution in [3.8, 4) is 0 Å². The minimum absolute atomic E-state index is 0.177. The van der Waals surface area contributed by atoms with Gasteiger partial charge in [0.2, 0.25) is 0 Å². The highest BCUT2D eigenvalue weighted by molar-refractivity contribution is 7.47. The number of rotatable bonds is 34. The number of phosphoric acid groups is 1. The van der Waals surface area contributed by atoms with E-state index in [1.165, 1.54) is 57.8 Å². The number of allylic oxidation sites excluding steroid dienone is 6. The summed E-state index contributed by atoms with van der Waals surface area (Å²) in [4.78, 5) is 34.7. The van der Waals surface area contributed by atoms with Gasteiger partial charge in [-0.3, -0.25) is 18.6 Å². The molecule has 0 aliphatic rings. The highest BCUT2D eigenvalue weighted by Crippen LogP contribution is 2.43. The summed E-state index contributed by atoms with van der Waals surface area (Å²) in [6, 6.07) is 0. The SMILES string of the molecule is CCCCC/C=C/C/C=C/C/C=C/CCCCC(=O)OC[C@@H](COP(=O)(O)OC[C@H](O)CO)OC(=O)CCCCCCCCCCCC. The van der Waals surface area contributed by atoms with Crippen LogP contribution in [0.15, 0.2) is 36.5 Å². The number of carbonyl (C=O) groups excluding carboxylic acids is 2. The molecule has 1 unspecified atom stereocenters. The molecule has 0 fully saturated rings. The van der Waals surface area contributed by atoms with Crippen LogP contribution in [0.4, 0.5) is 0 Å². The van der Waals surface area contributed by atoms with E-state index in [0.29, 0.717) is 12.8 Å². The van der Waals surface area contributed by atoms with E-state index in [-0.39, 0.29) is 19.4 Å². The van der Waals surface area contributed by atoms with Gasteiger partial charge in [0.25, 0.3) is 0 Å². The Labute approximate surface area is 291 Å². The zero-order valence-electron chi connectivity index (χ0n) is 29.9. The van der Waals surface area contributed by atoms with E-state index >= 15 is 0 Å². The maximum atomic E-state index is 12.5. The van der Waals surface area contributed by atoms with Gasteiger partial charge in [0.05, 0.1) is 19.8 Å². The first kappa shape index (κ1) is 46.2. The molecule has 0 aromatic heterocycles. The van der Waals surface area contributed by atoms with Crippen LogP contribution in [0.25, 0.3) is 0 Å². The van der Waals surface area contributed by atoms with Gasteiger partial charge in [0.1, 0.15) is 12.7 Å². The van der Waals surface area contributed by atoms with Crippen LogP contribution in [-0.2, 0) is 32.7 Å². The Morgan fingerprint density at radius 2 is 1.08 bits per heavy atom. The molecule has 0 rings (SSSR count). The van der Waals surface area contributed by atoms with E-state index in [1.807, 2.05) is 0 Å². The summed E-state index contributed by atoms with van der Waals surface area (Å²) >= 11 is 0. The standard InChI is InChI=1S/C37H67O10P/c1-3-5-7-9-11-13-15-16-17-18-19-21-22-24-26-28-36(40)44-32-35(33-46-48(42,43)45-31-34(39)30-38)47-37(41)29-27-25-23-20-14-12-10-8-6-4-2/h11,13,16-17,19,21,34-35,38-39H,3-10,12,14-15,18,20,22-33H2,1-2H3,(H,42,43)/b13-11+,17-16+,21-19+/t34-,35+/m1/s1. The molecule has 0 heterocycles. The van der Waals surface area contributed by atoms with Crippen LogP contribution in [0.2, 0.25) is 0 Å². The van der Waals surface area contributed by atoms with Crippen molar-refractivity contribution in [2.75, 3.05) is 26.4 Å². The number of hydrogen-bond acceptors (Lipinski definition) is 9. The predicted octanol–water partition coefficient (Wildman–Crippen LogP) is 8.83. The van der Waals surface area contributed by atoms with Crippen molar-refractivity contribution in [1.82, 2.24) is 0 Å². The van der Waals surface area contributed by atoms with E-state index in [0.717, 1.165) is 51.4 Å². The molecule has 10 nitrogen and oxygen atoms in total. The van der Waals surface area contributed by atoms with E-state index < -0.39 is 51.8 Å². The Morgan fingerprint density at radius 1 is 0.625 bits per heavy atom. The summed E-state index contributed by atoms with van der Waals surface area (Å²) in [5.41, 5.74) is 0. The van der Waals surface area contributed by atoms with Crippen LogP contribution in [0, 0.1) is 0 Å². The minimum atomic E-state index is -4.61. The van der Waals surface area contributed by atoms with Crippen LogP contribution in [-0.4, -0.2) is 65.7 Å². The van der Waals surface area contributed by atoms with Gasteiger partial charge in [-0.25, -0.2) is 4.57 Å². The second-order valence-electron chi connectivity index (χ2n) is 12.3. The lowest BCUT2D eigenvalue weighted by molar-refractivity contribution is -0.161. The van der Waals surface area contributed by atoms with Crippen molar-refractivity contribution < 1.29 is 47.8 Å². The second kappa shape index (κ2) is 33.7. The second-order valence-corrected chi connectivity index (χ2v) is 13.7. The topological polar surface area (TPSA) is 149 Å². The lowest BCUT2D eigenvalue weighted by Gasteiger charge is -2.20. The van der Waals surface area contributed by atoms with E-state index in [2.05, 4.69) is 54.8 Å². The van der Waals surface area contributed by atoms with Crippen LogP contribution in [0.3, 0.4) is 0 Å². The Morgan fingerprint density at radius 3 is 1.67 bits per heavy atom. The predicted molar refractivity (Wildman–Crippen MR) is 191 cm³/mol. The van der Waals surface area contributed by atoms with E-state index in [1.54, 1.807) is 0 Å². The molecule has 0 saturated carbocycles. The Bertz CT molecular complexity index is 905. The van der Waals surface area contributed by atoms with Gasteiger partial charge in [-0.15, -0.1) is 0 Å². The fraction of sp³-hybridized carbons (Fsp3) is 0.784. The van der Waals surface area contributed by atoms with Crippen LogP contribution < -0.4 is 0 Å². The van der Waals surface area contributed by atoms with Gasteiger partial charge in [0, 0.05) is 12.8 Å². The lowest BCUT2D eigenvalue weighted by Crippen LogP contribution is -2.29. The van der Waals surface area contributed by atoms with E-state index in [4.69, 9.17) is 19.1 Å². The first-order valence-corrected chi connectivity index (χ1v) is 19.9. The summed E-state index contributed by atoms with van der Waals surface area (Å²) in [5.74, 6) is -0.973. The third-order valence-electron chi connectivity index (χ3n) is 7.55. The molecule has 0 amide bonds. The van der Waals surface area contributed by atoms with Crippen LogP contribution in [0.1, 0.15) is 149 Å². The van der Waals surface area contributed by atoms with Crippen molar-refractivity contribution in [2.45, 2.75) is 161 Å². The largest absolute Gasteiger partial charge is 0.472 e.